The van der Waals surface area contributed by atoms with Crippen LogP contribution in [0, 0.1) is 28.6 Å². The third kappa shape index (κ3) is 6.31. The van der Waals surface area contributed by atoms with Gasteiger partial charge in [-0.05, 0) is 68.9 Å². The fourth-order valence-electron chi connectivity index (χ4n) is 8.69. The molecule has 3 saturated carbocycles. The van der Waals surface area contributed by atoms with Crippen molar-refractivity contribution in [3.8, 4) is 6.07 Å². The number of nitriles is 1. The Labute approximate surface area is 277 Å². The Morgan fingerprint density at radius 3 is 2.57 bits per heavy atom. The molecule has 6 aliphatic rings. The molecule has 3 aliphatic heterocycles. The van der Waals surface area contributed by atoms with E-state index in [9.17, 15) is 23.6 Å². The van der Waals surface area contributed by atoms with Crippen molar-refractivity contribution in [3.63, 3.8) is 0 Å². The van der Waals surface area contributed by atoms with E-state index < -0.39 is 54.8 Å². The van der Waals surface area contributed by atoms with Gasteiger partial charge >= 0.3 is 13.2 Å². The van der Waals surface area contributed by atoms with Crippen LogP contribution in [0.15, 0.2) is 42.0 Å². The van der Waals surface area contributed by atoms with Gasteiger partial charge in [-0.2, -0.15) is 5.26 Å². The highest BCUT2D eigenvalue weighted by molar-refractivity contribution is 6.47. The van der Waals surface area contributed by atoms with Crippen LogP contribution in [0.5, 0.6) is 0 Å². The lowest BCUT2D eigenvalue weighted by atomic mass is 9.43. The summed E-state index contributed by atoms with van der Waals surface area (Å²) >= 11 is 0. The smallest absolute Gasteiger partial charge is 0.444 e. The molecule has 2 amide bonds. The largest absolute Gasteiger partial charge is 0.482 e. The van der Waals surface area contributed by atoms with Gasteiger partial charge in [0.1, 0.15) is 17.7 Å². The van der Waals surface area contributed by atoms with Crippen LogP contribution in [0.2, 0.25) is 0 Å². The molecular formula is C35H47BF2N4O5. The van der Waals surface area contributed by atoms with Crippen molar-refractivity contribution in [1.82, 2.24) is 14.7 Å². The molecule has 6 atom stereocenters. The van der Waals surface area contributed by atoms with Gasteiger partial charge in [0.2, 0.25) is 0 Å². The van der Waals surface area contributed by atoms with E-state index in [2.05, 4.69) is 20.8 Å². The molecular weight excluding hydrogens is 605 g/mol. The fourth-order valence-corrected chi connectivity index (χ4v) is 8.69. The first-order chi connectivity index (χ1) is 22.0. The maximum atomic E-state index is 13.9. The minimum atomic E-state index is -2.79. The van der Waals surface area contributed by atoms with E-state index in [1.54, 1.807) is 30.7 Å². The van der Waals surface area contributed by atoms with Crippen molar-refractivity contribution >= 4 is 19.1 Å². The molecule has 3 heterocycles. The topological polar surface area (TPSA) is 95.3 Å². The number of rotatable bonds is 8. The van der Waals surface area contributed by atoms with E-state index in [1.807, 2.05) is 36.4 Å². The number of ether oxygens (including phenoxy) is 1. The van der Waals surface area contributed by atoms with Gasteiger partial charge in [-0.25, -0.2) is 13.6 Å². The van der Waals surface area contributed by atoms with Crippen LogP contribution in [-0.4, -0.2) is 102 Å². The molecule has 3 saturated heterocycles. The van der Waals surface area contributed by atoms with Crippen LogP contribution in [0.4, 0.5) is 13.6 Å². The van der Waals surface area contributed by atoms with E-state index in [0.717, 1.165) is 18.4 Å². The number of hydrogen-bond acceptors (Lipinski definition) is 7. The minimum absolute atomic E-state index is 0.0318. The first kappa shape index (κ1) is 33.9. The summed E-state index contributed by atoms with van der Waals surface area (Å²) in [5, 5.41) is 9.83. The molecule has 6 fully saturated rings. The number of carbonyl (C=O) groups excluding carboxylic acids is 2. The summed E-state index contributed by atoms with van der Waals surface area (Å²) in [4.78, 5) is 31.7. The Balaban J connectivity index is 1.11. The van der Waals surface area contributed by atoms with Gasteiger partial charge in [0, 0.05) is 38.5 Å². The first-order valence-corrected chi connectivity index (χ1v) is 16.9. The van der Waals surface area contributed by atoms with Crippen molar-refractivity contribution < 1.29 is 32.4 Å². The van der Waals surface area contributed by atoms with Crippen molar-refractivity contribution in [2.24, 2.45) is 17.3 Å². The molecule has 9 nitrogen and oxygen atoms in total. The lowest BCUT2D eigenvalue weighted by molar-refractivity contribution is -0.199. The molecule has 0 N–H and O–H groups in total. The second kappa shape index (κ2) is 12.2. The maximum absolute atomic E-state index is 13.9. The number of nitrogens with zero attached hydrogens (tertiary/aromatic N) is 4. The molecule has 12 heteroatoms. The molecule has 3 aliphatic carbocycles. The van der Waals surface area contributed by atoms with E-state index in [4.69, 9.17) is 14.0 Å². The second-order valence-corrected chi connectivity index (χ2v) is 15.6. The van der Waals surface area contributed by atoms with Crippen LogP contribution in [0.1, 0.15) is 65.9 Å². The van der Waals surface area contributed by atoms with Gasteiger partial charge in [0.25, 0.3) is 11.8 Å². The predicted molar refractivity (Wildman–Crippen MR) is 172 cm³/mol. The standard InChI is InChI=1S/C35H47BF2N4O5/c1-32(2,42-15-13-35(37,38)22-42)19-24(20-39)30(43)41-14-12-26(21-41)45-31(44)40(6)29(16-23-10-8-7-9-11-23)36-46-28-18-25-17-27(33(25,3)4)34(28,5)47-36/h7-11,19,25-29H,12-18,21-22H2,1-6H3/t25-,26-,27-,28+,29-,34-/m0/s1. The van der Waals surface area contributed by atoms with Crippen LogP contribution < -0.4 is 0 Å². The summed E-state index contributed by atoms with van der Waals surface area (Å²) in [6.07, 6.45) is 3.10. The molecule has 2 bridgehead atoms. The maximum Gasteiger partial charge on any atom is 0.482 e. The number of likely N-dealkylation sites (N-methyl/N-ethyl adjacent to an activating group) is 1. The Bertz CT molecular complexity index is 1450. The highest BCUT2D eigenvalue weighted by atomic mass is 19.3. The SMILES string of the molecule is CN(C(=O)O[C@H]1CCN(C(=O)C(C#N)=CC(C)(C)N2CCC(F)(F)C2)C1)[C@@H](Cc1ccccc1)B1O[C@@H]2C[C@@H]3C[C@@H](C3(C)C)[C@]2(C)O1. The molecule has 47 heavy (non-hydrogen) atoms. The molecule has 0 radical (unpaired) electrons. The number of halogens is 2. The molecule has 1 aromatic carbocycles. The van der Waals surface area contributed by atoms with Gasteiger partial charge in [0.05, 0.1) is 30.7 Å². The van der Waals surface area contributed by atoms with Crippen LogP contribution in [-0.2, 0) is 25.3 Å². The van der Waals surface area contributed by atoms with E-state index >= 15 is 0 Å². The van der Waals surface area contributed by atoms with E-state index in [-0.39, 0.29) is 36.6 Å². The number of amides is 2. The van der Waals surface area contributed by atoms with Gasteiger partial charge in [-0.3, -0.25) is 9.69 Å². The molecule has 0 aromatic heterocycles. The Morgan fingerprint density at radius 2 is 1.94 bits per heavy atom. The Morgan fingerprint density at radius 1 is 1.21 bits per heavy atom. The zero-order valence-corrected chi connectivity index (χ0v) is 28.4. The molecule has 254 valence electrons. The first-order valence-electron chi connectivity index (χ1n) is 16.9. The molecule has 0 unspecified atom stereocenters. The third-order valence-electron chi connectivity index (χ3n) is 11.9. The number of hydrogen-bond donors (Lipinski definition) is 0. The number of carbonyl (C=O) groups is 2. The van der Waals surface area contributed by atoms with E-state index in [1.165, 1.54) is 11.0 Å². The fraction of sp³-hybridized carbons (Fsp3) is 0.686. The van der Waals surface area contributed by atoms with Crippen LogP contribution in [0.25, 0.3) is 0 Å². The van der Waals surface area contributed by atoms with E-state index in [0.29, 0.717) is 31.2 Å². The van der Waals surface area contributed by atoms with Gasteiger partial charge in [-0.1, -0.05) is 44.2 Å². The summed E-state index contributed by atoms with van der Waals surface area (Å²) in [7, 11) is 1.08. The summed E-state index contributed by atoms with van der Waals surface area (Å²) in [5.41, 5.74) is -0.205. The van der Waals surface area contributed by atoms with Crippen molar-refractivity contribution in [2.75, 3.05) is 33.2 Å². The Kier molecular flexibility index (Phi) is 8.76. The number of likely N-dealkylation sites (tertiary alicyclic amines) is 2. The average Bonchev–Trinajstić information content (AvgIpc) is 3.74. The lowest BCUT2D eigenvalue weighted by Crippen LogP contribution is -2.65. The lowest BCUT2D eigenvalue weighted by Gasteiger charge is -2.64. The van der Waals surface area contributed by atoms with Crippen molar-refractivity contribution in [3.05, 3.63) is 47.5 Å². The highest BCUT2D eigenvalue weighted by Gasteiger charge is 2.68. The number of alkyl halides is 2. The van der Waals surface area contributed by atoms with Crippen molar-refractivity contribution in [2.45, 2.75) is 102 Å². The summed E-state index contributed by atoms with van der Waals surface area (Å²) < 4.78 is 47.1. The van der Waals surface area contributed by atoms with Crippen LogP contribution >= 0.6 is 0 Å². The summed E-state index contributed by atoms with van der Waals surface area (Å²) in [6, 6.07) is 11.9. The molecule has 7 rings (SSSR count). The zero-order chi connectivity index (χ0) is 33.9. The zero-order valence-electron chi connectivity index (χ0n) is 28.4. The number of benzene rings is 1. The minimum Gasteiger partial charge on any atom is -0.444 e. The second-order valence-electron chi connectivity index (χ2n) is 15.6. The molecule has 1 aromatic rings. The average molecular weight is 653 g/mol. The quantitative estimate of drug-likeness (QED) is 0.219. The Hall–Kier alpha value is -3.01. The summed E-state index contributed by atoms with van der Waals surface area (Å²) in [5.74, 6) is -2.74. The molecule has 0 spiro atoms. The highest BCUT2D eigenvalue weighted by Crippen LogP contribution is 2.65. The normalized spacial score (nSPS) is 31.9. The van der Waals surface area contributed by atoms with Gasteiger partial charge in [-0.15, -0.1) is 0 Å². The van der Waals surface area contributed by atoms with Gasteiger partial charge < -0.3 is 23.8 Å². The van der Waals surface area contributed by atoms with Gasteiger partial charge in [0.15, 0.2) is 0 Å². The predicted octanol–water partition coefficient (Wildman–Crippen LogP) is 5.10. The van der Waals surface area contributed by atoms with Crippen molar-refractivity contribution in [1.29, 1.82) is 5.26 Å². The summed E-state index contributed by atoms with van der Waals surface area (Å²) in [6.45, 7) is 10.5. The third-order valence-corrected chi connectivity index (χ3v) is 11.9. The van der Waals surface area contributed by atoms with Crippen LogP contribution in [0.3, 0.4) is 0 Å². The monoisotopic (exact) mass is 652 g/mol.